The van der Waals surface area contributed by atoms with Crippen molar-refractivity contribution in [3.05, 3.63) is 47.8 Å². The Balaban J connectivity index is 0.00000312. The molecule has 0 aliphatic heterocycles. The lowest BCUT2D eigenvalue weighted by atomic mass is 9.84. The number of guanidine groups is 1. The van der Waals surface area contributed by atoms with Crippen LogP contribution >= 0.6 is 24.0 Å². The molecule has 0 unspecified atom stereocenters. The van der Waals surface area contributed by atoms with Gasteiger partial charge >= 0.3 is 0 Å². The number of aliphatic imine (C=N–C) groups is 1. The maximum Gasteiger partial charge on any atom is 0.191 e. The zero-order valence-electron chi connectivity index (χ0n) is 15.1. The van der Waals surface area contributed by atoms with Gasteiger partial charge in [0.1, 0.15) is 18.7 Å². The first-order chi connectivity index (χ1) is 11.4. The maximum absolute atomic E-state index is 13.5. The second kappa shape index (κ2) is 9.69. The van der Waals surface area contributed by atoms with Crippen LogP contribution in [0.4, 0.5) is 4.39 Å². The van der Waals surface area contributed by atoms with Gasteiger partial charge in [0.05, 0.1) is 0 Å². The van der Waals surface area contributed by atoms with Crippen LogP contribution in [0.3, 0.4) is 0 Å². The van der Waals surface area contributed by atoms with Crippen LogP contribution in [0.5, 0.6) is 0 Å². The molecule has 2 rings (SSSR count). The Labute approximate surface area is 165 Å². The molecule has 25 heavy (non-hydrogen) atoms. The predicted molar refractivity (Wildman–Crippen MR) is 109 cm³/mol. The standard InChI is InChI=1S/C17H25FN6.HI/c1-5-19-16(20-10-15-23-22-12-24(15)4)21-11-17(2,3)13-7-6-8-14(18)9-13;/h6-9,12H,5,10-11H2,1-4H3,(H2,19,20,21);1H. The Hall–Kier alpha value is -1.71. The summed E-state index contributed by atoms with van der Waals surface area (Å²) in [5.74, 6) is 1.27. The van der Waals surface area contributed by atoms with Crippen molar-refractivity contribution in [2.24, 2.45) is 12.0 Å². The molecule has 6 nitrogen and oxygen atoms in total. The third-order valence-corrected chi connectivity index (χ3v) is 3.83. The molecule has 2 aromatic rings. The third-order valence-electron chi connectivity index (χ3n) is 3.83. The van der Waals surface area contributed by atoms with Crippen molar-refractivity contribution >= 4 is 29.9 Å². The number of halogens is 2. The Morgan fingerprint density at radius 1 is 1.32 bits per heavy atom. The van der Waals surface area contributed by atoms with Gasteiger partial charge in [-0.05, 0) is 24.6 Å². The maximum atomic E-state index is 13.5. The molecule has 0 aliphatic rings. The van der Waals surface area contributed by atoms with Gasteiger partial charge in [-0.2, -0.15) is 0 Å². The molecule has 0 amide bonds. The molecule has 0 saturated heterocycles. The normalized spacial score (nSPS) is 11.8. The third kappa shape index (κ3) is 6.26. The number of benzene rings is 1. The van der Waals surface area contributed by atoms with Gasteiger partial charge in [0.15, 0.2) is 11.8 Å². The van der Waals surface area contributed by atoms with E-state index >= 15 is 0 Å². The van der Waals surface area contributed by atoms with Crippen LogP contribution < -0.4 is 10.6 Å². The van der Waals surface area contributed by atoms with Gasteiger partial charge < -0.3 is 15.2 Å². The zero-order chi connectivity index (χ0) is 17.6. The van der Waals surface area contributed by atoms with Crippen LogP contribution in [0.15, 0.2) is 35.6 Å². The summed E-state index contributed by atoms with van der Waals surface area (Å²) < 4.78 is 15.3. The highest BCUT2D eigenvalue weighted by atomic mass is 127. The van der Waals surface area contributed by atoms with E-state index in [0.717, 1.165) is 17.9 Å². The second-order valence-corrected chi connectivity index (χ2v) is 6.30. The van der Waals surface area contributed by atoms with E-state index in [1.165, 1.54) is 6.07 Å². The molecule has 2 N–H and O–H groups in total. The highest BCUT2D eigenvalue weighted by molar-refractivity contribution is 14.0. The summed E-state index contributed by atoms with van der Waals surface area (Å²) in [6.07, 6.45) is 1.65. The Bertz CT molecular complexity index is 698. The van der Waals surface area contributed by atoms with Gasteiger partial charge in [0.25, 0.3) is 0 Å². The predicted octanol–water partition coefficient (Wildman–Crippen LogP) is 2.61. The number of rotatable bonds is 6. The summed E-state index contributed by atoms with van der Waals surface area (Å²) in [6, 6.07) is 6.71. The molecule has 8 heteroatoms. The molecular formula is C17H26FIN6. The van der Waals surface area contributed by atoms with E-state index in [4.69, 9.17) is 0 Å². The fourth-order valence-corrected chi connectivity index (χ4v) is 2.26. The largest absolute Gasteiger partial charge is 0.357 e. The quantitative estimate of drug-likeness (QED) is 0.395. The van der Waals surface area contributed by atoms with Crippen LogP contribution in [0.2, 0.25) is 0 Å². The lowest BCUT2D eigenvalue weighted by molar-refractivity contribution is 0.503. The minimum atomic E-state index is -0.233. The van der Waals surface area contributed by atoms with E-state index in [1.54, 1.807) is 18.5 Å². The van der Waals surface area contributed by atoms with Crippen molar-refractivity contribution in [2.45, 2.75) is 32.7 Å². The summed E-state index contributed by atoms with van der Waals surface area (Å²) in [5, 5.41) is 14.4. The second-order valence-electron chi connectivity index (χ2n) is 6.30. The van der Waals surface area contributed by atoms with Crippen LogP contribution in [-0.4, -0.2) is 33.8 Å². The molecule has 138 valence electrons. The first-order valence-electron chi connectivity index (χ1n) is 8.03. The molecule has 0 spiro atoms. The SMILES string of the molecule is CCNC(=NCc1nncn1C)NCC(C)(C)c1cccc(F)c1.I. The molecule has 0 bridgehead atoms. The lowest BCUT2D eigenvalue weighted by Gasteiger charge is -2.26. The molecule has 1 aromatic carbocycles. The molecule has 0 saturated carbocycles. The molecule has 0 atom stereocenters. The Morgan fingerprint density at radius 2 is 2.08 bits per heavy atom. The van der Waals surface area contributed by atoms with Crippen molar-refractivity contribution in [3.8, 4) is 0 Å². The summed E-state index contributed by atoms with van der Waals surface area (Å²) in [7, 11) is 1.89. The van der Waals surface area contributed by atoms with Crippen molar-refractivity contribution in [2.75, 3.05) is 13.1 Å². The average Bonchev–Trinajstić information content (AvgIpc) is 2.95. The van der Waals surface area contributed by atoms with Crippen LogP contribution in [-0.2, 0) is 19.0 Å². The van der Waals surface area contributed by atoms with Crippen LogP contribution in [0.1, 0.15) is 32.2 Å². The van der Waals surface area contributed by atoms with Gasteiger partial charge in [0, 0.05) is 25.6 Å². The minimum absolute atomic E-state index is 0. The van der Waals surface area contributed by atoms with Gasteiger partial charge in [-0.1, -0.05) is 26.0 Å². The van der Waals surface area contributed by atoms with Crippen LogP contribution in [0, 0.1) is 5.82 Å². The molecule has 0 radical (unpaired) electrons. The Kier molecular flexibility index (Phi) is 8.27. The molecular weight excluding hydrogens is 434 g/mol. The highest BCUT2D eigenvalue weighted by Gasteiger charge is 2.21. The summed E-state index contributed by atoms with van der Waals surface area (Å²) in [4.78, 5) is 4.53. The smallest absolute Gasteiger partial charge is 0.191 e. The van der Waals surface area contributed by atoms with E-state index in [2.05, 4.69) is 39.7 Å². The van der Waals surface area contributed by atoms with E-state index < -0.39 is 0 Å². The first kappa shape index (κ1) is 21.3. The van der Waals surface area contributed by atoms with Gasteiger partial charge in [-0.15, -0.1) is 34.2 Å². The number of aromatic nitrogens is 3. The lowest BCUT2D eigenvalue weighted by Crippen LogP contribution is -2.43. The van der Waals surface area contributed by atoms with E-state index in [9.17, 15) is 4.39 Å². The number of hydrogen-bond acceptors (Lipinski definition) is 3. The monoisotopic (exact) mass is 460 g/mol. The first-order valence-corrected chi connectivity index (χ1v) is 8.03. The van der Waals surface area contributed by atoms with Gasteiger partial charge in [-0.25, -0.2) is 9.38 Å². The van der Waals surface area contributed by atoms with Crippen molar-refractivity contribution in [1.29, 1.82) is 0 Å². The highest BCUT2D eigenvalue weighted by Crippen LogP contribution is 2.22. The van der Waals surface area contributed by atoms with E-state index in [0.29, 0.717) is 19.0 Å². The fraction of sp³-hybridized carbons (Fsp3) is 0.471. The molecule has 0 fully saturated rings. The van der Waals surface area contributed by atoms with Crippen molar-refractivity contribution < 1.29 is 4.39 Å². The summed E-state index contributed by atoms with van der Waals surface area (Å²) in [6.45, 7) is 7.97. The minimum Gasteiger partial charge on any atom is -0.357 e. The number of nitrogens with one attached hydrogen (secondary N) is 2. The van der Waals surface area contributed by atoms with Crippen molar-refractivity contribution in [3.63, 3.8) is 0 Å². The summed E-state index contributed by atoms with van der Waals surface area (Å²) in [5.41, 5.74) is 0.711. The van der Waals surface area contributed by atoms with Gasteiger partial charge in [-0.3, -0.25) is 0 Å². The van der Waals surface area contributed by atoms with E-state index in [-0.39, 0.29) is 35.2 Å². The Morgan fingerprint density at radius 3 is 2.68 bits per heavy atom. The summed E-state index contributed by atoms with van der Waals surface area (Å²) >= 11 is 0. The topological polar surface area (TPSA) is 67.1 Å². The number of aryl methyl sites for hydroxylation is 1. The van der Waals surface area contributed by atoms with E-state index in [1.807, 2.05) is 24.6 Å². The molecule has 1 heterocycles. The van der Waals surface area contributed by atoms with Crippen molar-refractivity contribution in [1.82, 2.24) is 25.4 Å². The van der Waals surface area contributed by atoms with Gasteiger partial charge in [0.2, 0.25) is 0 Å². The molecule has 0 aliphatic carbocycles. The molecule has 1 aromatic heterocycles. The average molecular weight is 460 g/mol. The fourth-order valence-electron chi connectivity index (χ4n) is 2.26. The number of hydrogen-bond donors (Lipinski definition) is 2. The number of nitrogens with zero attached hydrogens (tertiary/aromatic N) is 4. The zero-order valence-corrected chi connectivity index (χ0v) is 17.4. The van der Waals surface area contributed by atoms with Crippen LogP contribution in [0.25, 0.3) is 0 Å².